The zero-order chi connectivity index (χ0) is 23.7. The third kappa shape index (κ3) is 4.44. The molecule has 0 radical (unpaired) electrons. The molecule has 0 spiro atoms. The van der Waals surface area contributed by atoms with Crippen LogP contribution in [0.2, 0.25) is 5.15 Å². The molecular formula is C23H19ClF2N6O2. The van der Waals surface area contributed by atoms with E-state index in [1.807, 2.05) is 24.3 Å². The fraction of sp³-hybridized carbons (Fsp3) is 0.174. The highest BCUT2D eigenvalue weighted by molar-refractivity contribution is 6.29. The number of urea groups is 1. The average Bonchev–Trinajstić information content (AvgIpc) is 3.28. The van der Waals surface area contributed by atoms with Gasteiger partial charge < -0.3 is 24.8 Å². The van der Waals surface area contributed by atoms with Gasteiger partial charge in [-0.05, 0) is 36.4 Å². The summed E-state index contributed by atoms with van der Waals surface area (Å²) in [6.07, 6.45) is 4.25. The van der Waals surface area contributed by atoms with Gasteiger partial charge in [0.25, 0.3) is 0 Å². The number of nitrogens with zero attached hydrogens (tertiary/aromatic N) is 4. The molecular weight excluding hydrogens is 466 g/mol. The second-order valence-electron chi connectivity index (χ2n) is 7.66. The summed E-state index contributed by atoms with van der Waals surface area (Å²) >= 11 is 5.73. The van der Waals surface area contributed by atoms with E-state index in [1.54, 1.807) is 4.90 Å². The van der Waals surface area contributed by atoms with Gasteiger partial charge >= 0.3 is 6.03 Å². The molecule has 2 N–H and O–H groups in total. The van der Waals surface area contributed by atoms with Gasteiger partial charge in [0.2, 0.25) is 5.88 Å². The molecule has 2 amide bonds. The van der Waals surface area contributed by atoms with Gasteiger partial charge in [0, 0.05) is 38.1 Å². The summed E-state index contributed by atoms with van der Waals surface area (Å²) in [5.74, 6) is -0.230. The normalized spacial score (nSPS) is 13.9. The van der Waals surface area contributed by atoms with Crippen LogP contribution in [0, 0.1) is 11.6 Å². The Morgan fingerprint density at radius 1 is 1.00 bits per heavy atom. The number of halogens is 3. The molecule has 5 rings (SSSR count). The molecule has 0 unspecified atom stereocenters. The molecule has 0 saturated carbocycles. The van der Waals surface area contributed by atoms with Crippen molar-refractivity contribution < 1.29 is 18.3 Å². The number of benzene rings is 2. The SMILES string of the molecule is O=C(Nc1c[nH]c2c(F)ccc(F)c12)N1CCN(c2ccc(Oc3cnc(Cl)cn3)cc2)CC1. The fourth-order valence-electron chi connectivity index (χ4n) is 3.83. The number of fused-ring (bicyclic) bond motifs is 1. The van der Waals surface area contributed by atoms with Gasteiger partial charge in [-0.3, -0.25) is 0 Å². The molecule has 2 aromatic carbocycles. The van der Waals surface area contributed by atoms with E-state index in [9.17, 15) is 13.6 Å². The highest BCUT2D eigenvalue weighted by Crippen LogP contribution is 2.29. The van der Waals surface area contributed by atoms with E-state index in [0.29, 0.717) is 37.8 Å². The van der Waals surface area contributed by atoms with Crippen LogP contribution < -0.4 is 15.0 Å². The number of anilines is 2. The van der Waals surface area contributed by atoms with Crippen LogP contribution in [0.1, 0.15) is 0 Å². The number of aromatic amines is 1. The molecule has 2 aromatic heterocycles. The number of ether oxygens (including phenoxy) is 1. The molecule has 34 heavy (non-hydrogen) atoms. The van der Waals surface area contributed by atoms with Crippen molar-refractivity contribution in [3.05, 3.63) is 71.8 Å². The highest BCUT2D eigenvalue weighted by atomic mass is 35.5. The van der Waals surface area contributed by atoms with Crippen molar-refractivity contribution in [3.8, 4) is 11.6 Å². The van der Waals surface area contributed by atoms with E-state index in [2.05, 4.69) is 25.2 Å². The Labute approximate surface area is 198 Å². The Kier molecular flexibility index (Phi) is 5.89. The lowest BCUT2D eigenvalue weighted by Gasteiger charge is -2.36. The molecule has 8 nitrogen and oxygen atoms in total. The minimum absolute atomic E-state index is 0.0238. The Balaban J connectivity index is 1.18. The van der Waals surface area contributed by atoms with Crippen molar-refractivity contribution in [1.29, 1.82) is 0 Å². The first-order valence-electron chi connectivity index (χ1n) is 10.5. The van der Waals surface area contributed by atoms with E-state index in [4.69, 9.17) is 16.3 Å². The molecule has 1 saturated heterocycles. The van der Waals surface area contributed by atoms with Crippen LogP contribution >= 0.6 is 11.6 Å². The highest BCUT2D eigenvalue weighted by Gasteiger charge is 2.23. The Morgan fingerprint density at radius 3 is 2.44 bits per heavy atom. The van der Waals surface area contributed by atoms with Gasteiger partial charge in [0.05, 0.1) is 29.0 Å². The number of piperazine rings is 1. The van der Waals surface area contributed by atoms with Gasteiger partial charge in [-0.15, -0.1) is 0 Å². The third-order valence-electron chi connectivity index (χ3n) is 5.56. The summed E-state index contributed by atoms with van der Waals surface area (Å²) < 4.78 is 33.7. The predicted octanol–water partition coefficient (Wildman–Crippen LogP) is 5.04. The van der Waals surface area contributed by atoms with Crippen LogP contribution in [0.3, 0.4) is 0 Å². The standard InChI is InChI=1S/C23H19ClF2N6O2/c24-19-12-28-20(13-27-19)34-15-3-1-14(2-4-15)31-7-9-32(10-8-31)23(33)30-18-11-29-22-17(26)6-5-16(25)21(18)22/h1-6,11-13,29H,7-10H2,(H,30,33). The summed E-state index contributed by atoms with van der Waals surface area (Å²) in [5, 5.41) is 3.00. The number of hydrogen-bond acceptors (Lipinski definition) is 5. The zero-order valence-corrected chi connectivity index (χ0v) is 18.5. The number of rotatable bonds is 4. The summed E-state index contributed by atoms with van der Waals surface area (Å²) in [7, 11) is 0. The number of carbonyl (C=O) groups is 1. The van der Waals surface area contributed by atoms with Crippen molar-refractivity contribution in [1.82, 2.24) is 19.9 Å². The second kappa shape index (κ2) is 9.14. The maximum atomic E-state index is 14.2. The number of carbonyl (C=O) groups excluding carboxylic acids is 1. The first kappa shape index (κ1) is 21.9. The van der Waals surface area contributed by atoms with Crippen LogP contribution in [0.25, 0.3) is 10.9 Å². The minimum atomic E-state index is -0.603. The molecule has 0 aliphatic carbocycles. The fourth-order valence-corrected chi connectivity index (χ4v) is 3.93. The molecule has 174 valence electrons. The molecule has 1 aliphatic heterocycles. The van der Waals surface area contributed by atoms with Gasteiger partial charge in [-0.25, -0.2) is 23.5 Å². The van der Waals surface area contributed by atoms with Gasteiger partial charge in [0.15, 0.2) is 0 Å². The number of amides is 2. The molecule has 0 bridgehead atoms. The summed E-state index contributed by atoms with van der Waals surface area (Å²) in [6.45, 7) is 2.19. The number of aromatic nitrogens is 3. The largest absolute Gasteiger partial charge is 0.438 e. The minimum Gasteiger partial charge on any atom is -0.438 e. The maximum absolute atomic E-state index is 14.2. The molecule has 0 atom stereocenters. The van der Waals surface area contributed by atoms with Crippen molar-refractivity contribution in [3.63, 3.8) is 0 Å². The average molecular weight is 485 g/mol. The zero-order valence-electron chi connectivity index (χ0n) is 17.8. The molecule has 1 fully saturated rings. The monoisotopic (exact) mass is 484 g/mol. The third-order valence-corrected chi connectivity index (χ3v) is 5.76. The van der Waals surface area contributed by atoms with Crippen molar-refractivity contribution in [2.75, 3.05) is 36.4 Å². The Morgan fingerprint density at radius 2 is 1.74 bits per heavy atom. The molecule has 1 aliphatic rings. The van der Waals surface area contributed by atoms with E-state index >= 15 is 0 Å². The summed E-state index contributed by atoms with van der Waals surface area (Å²) in [5.41, 5.74) is 1.22. The van der Waals surface area contributed by atoms with Crippen LogP contribution in [0.5, 0.6) is 11.6 Å². The van der Waals surface area contributed by atoms with Crippen molar-refractivity contribution >= 4 is 39.9 Å². The quantitative estimate of drug-likeness (QED) is 0.424. The van der Waals surface area contributed by atoms with Gasteiger partial charge in [-0.2, -0.15) is 0 Å². The van der Waals surface area contributed by atoms with E-state index in [0.717, 1.165) is 17.8 Å². The van der Waals surface area contributed by atoms with E-state index in [-0.39, 0.29) is 27.8 Å². The van der Waals surface area contributed by atoms with Crippen LogP contribution in [0.15, 0.2) is 55.0 Å². The number of H-pyrrole nitrogens is 1. The van der Waals surface area contributed by atoms with Crippen LogP contribution in [0.4, 0.5) is 25.0 Å². The van der Waals surface area contributed by atoms with E-state index in [1.165, 1.54) is 18.6 Å². The first-order valence-corrected chi connectivity index (χ1v) is 10.9. The smallest absolute Gasteiger partial charge is 0.322 e. The topological polar surface area (TPSA) is 86.4 Å². The second-order valence-corrected chi connectivity index (χ2v) is 8.05. The van der Waals surface area contributed by atoms with E-state index < -0.39 is 11.6 Å². The van der Waals surface area contributed by atoms with Crippen molar-refractivity contribution in [2.45, 2.75) is 0 Å². The lowest BCUT2D eigenvalue weighted by atomic mass is 10.2. The number of nitrogens with one attached hydrogen (secondary N) is 2. The number of hydrogen-bond donors (Lipinski definition) is 2. The Hall–Kier alpha value is -3.92. The summed E-state index contributed by atoms with van der Waals surface area (Å²) in [6, 6.07) is 9.24. The molecule has 4 aromatic rings. The predicted molar refractivity (Wildman–Crippen MR) is 125 cm³/mol. The Bertz CT molecular complexity index is 1320. The van der Waals surface area contributed by atoms with Gasteiger partial charge in [-0.1, -0.05) is 11.6 Å². The maximum Gasteiger partial charge on any atom is 0.322 e. The molecule has 3 heterocycles. The van der Waals surface area contributed by atoms with Crippen molar-refractivity contribution in [2.24, 2.45) is 0 Å². The van der Waals surface area contributed by atoms with Crippen LogP contribution in [-0.4, -0.2) is 52.1 Å². The van der Waals surface area contributed by atoms with Gasteiger partial charge in [0.1, 0.15) is 22.5 Å². The lowest BCUT2D eigenvalue weighted by molar-refractivity contribution is 0.208. The summed E-state index contributed by atoms with van der Waals surface area (Å²) in [4.78, 5) is 27.2. The lowest BCUT2D eigenvalue weighted by Crippen LogP contribution is -2.50. The molecule has 11 heteroatoms. The first-order chi connectivity index (χ1) is 16.5. The van der Waals surface area contributed by atoms with Crippen LogP contribution in [-0.2, 0) is 0 Å².